The Hall–Kier alpha value is -0.580. The van der Waals surface area contributed by atoms with Crippen LogP contribution in [0.4, 0.5) is 0 Å². The fraction of sp³-hybridized carbons (Fsp3) is 0.625. The van der Waals surface area contributed by atoms with Gasteiger partial charge in [0.25, 0.3) is 0 Å². The fourth-order valence-electron chi connectivity index (χ4n) is 2.81. The number of aryl methyl sites for hydroxylation is 1. The molecule has 0 saturated heterocycles. The second kappa shape index (κ2) is 7.12. The number of benzene rings is 1. The lowest BCUT2D eigenvalue weighted by Crippen LogP contribution is -2.25. The third-order valence-corrected chi connectivity index (χ3v) is 5.39. The first-order chi connectivity index (χ1) is 9.87. The van der Waals surface area contributed by atoms with Crippen LogP contribution in [0, 0.1) is 11.8 Å². The van der Waals surface area contributed by atoms with Crippen molar-refractivity contribution in [2.24, 2.45) is 11.8 Å². The largest absolute Gasteiger partial charge is 0.373 e. The molecule has 0 amide bonds. The topological polar surface area (TPSA) is 43.4 Å². The normalized spacial score (nSPS) is 20.3. The number of hydrogen-bond acceptors (Lipinski definition) is 3. The molecule has 3 nitrogen and oxygen atoms in total. The van der Waals surface area contributed by atoms with Crippen LogP contribution < -0.4 is 0 Å². The van der Waals surface area contributed by atoms with Crippen LogP contribution in [0.1, 0.15) is 43.9 Å². The van der Waals surface area contributed by atoms with Crippen molar-refractivity contribution < 1.29 is 13.2 Å². The molecule has 2 atom stereocenters. The molecule has 1 aliphatic carbocycles. The molecule has 5 heteroatoms. The van der Waals surface area contributed by atoms with Gasteiger partial charge in [-0.3, -0.25) is 0 Å². The third-order valence-electron chi connectivity index (χ3n) is 4.18. The number of halogens is 1. The minimum absolute atomic E-state index is 0.0272. The molecule has 0 radical (unpaired) electrons. The summed E-state index contributed by atoms with van der Waals surface area (Å²) in [7, 11) is 1.90. The molecular formula is C16H23ClO3S. The van der Waals surface area contributed by atoms with E-state index >= 15 is 0 Å². The van der Waals surface area contributed by atoms with Crippen LogP contribution in [0.3, 0.4) is 0 Å². The molecule has 0 spiro atoms. The maximum atomic E-state index is 11.3. The molecule has 0 saturated carbocycles. The van der Waals surface area contributed by atoms with Crippen LogP contribution in [0.25, 0.3) is 0 Å². The molecule has 0 bridgehead atoms. The van der Waals surface area contributed by atoms with Crippen molar-refractivity contribution in [3.8, 4) is 0 Å². The van der Waals surface area contributed by atoms with Gasteiger partial charge in [-0.2, -0.15) is 0 Å². The third kappa shape index (κ3) is 4.97. The van der Waals surface area contributed by atoms with E-state index in [0.717, 1.165) is 19.3 Å². The van der Waals surface area contributed by atoms with Crippen molar-refractivity contribution in [2.45, 2.75) is 39.2 Å². The lowest BCUT2D eigenvalue weighted by molar-refractivity contribution is 0.0132. The maximum Gasteiger partial charge on any atom is 0.232 e. The van der Waals surface area contributed by atoms with Gasteiger partial charge in [0.15, 0.2) is 0 Å². The highest BCUT2D eigenvalue weighted by Crippen LogP contribution is 2.33. The van der Waals surface area contributed by atoms with Crippen molar-refractivity contribution in [3.05, 3.63) is 35.4 Å². The van der Waals surface area contributed by atoms with E-state index in [2.05, 4.69) is 18.2 Å². The Bertz CT molecular complexity index is 569. The molecule has 2 rings (SSSR count). The Balaban J connectivity index is 2.02. The summed E-state index contributed by atoms with van der Waals surface area (Å²) in [5.41, 5.74) is 2.60. The minimum Gasteiger partial charge on any atom is -0.373 e. The van der Waals surface area contributed by atoms with Crippen LogP contribution >= 0.6 is 10.7 Å². The molecule has 0 heterocycles. The minimum atomic E-state index is -3.49. The van der Waals surface area contributed by atoms with Gasteiger partial charge in [0.2, 0.25) is 9.05 Å². The number of fused-ring (bicyclic) bond motifs is 1. The molecule has 118 valence electrons. The van der Waals surface area contributed by atoms with E-state index < -0.39 is 9.05 Å². The molecule has 21 heavy (non-hydrogen) atoms. The molecular weight excluding hydrogens is 308 g/mol. The highest BCUT2D eigenvalue weighted by atomic mass is 35.7. The summed E-state index contributed by atoms with van der Waals surface area (Å²) in [6.45, 7) is 4.44. The SMILES string of the molecule is CC(C)C(COC1CCCc2ccccc21)CS(=O)(=O)Cl. The summed E-state index contributed by atoms with van der Waals surface area (Å²) in [5, 5.41) is 0. The number of rotatable bonds is 6. The van der Waals surface area contributed by atoms with Crippen LogP contribution in [-0.2, 0) is 20.2 Å². The predicted molar refractivity (Wildman–Crippen MR) is 86.0 cm³/mol. The van der Waals surface area contributed by atoms with Gasteiger partial charge in [-0.1, -0.05) is 38.1 Å². The fourth-order valence-corrected chi connectivity index (χ4v) is 4.29. The Labute approximate surface area is 132 Å². The molecule has 1 aromatic carbocycles. The molecule has 0 N–H and O–H groups in total. The zero-order valence-corrected chi connectivity index (χ0v) is 14.2. The summed E-state index contributed by atoms with van der Waals surface area (Å²) in [6, 6.07) is 8.34. The average Bonchev–Trinajstić information content (AvgIpc) is 2.42. The lowest BCUT2D eigenvalue weighted by atomic mass is 9.89. The summed E-state index contributed by atoms with van der Waals surface area (Å²) in [5.74, 6) is 0.125. The monoisotopic (exact) mass is 330 g/mol. The highest BCUT2D eigenvalue weighted by Gasteiger charge is 2.25. The number of ether oxygens (including phenoxy) is 1. The van der Waals surface area contributed by atoms with Crippen LogP contribution in [0.5, 0.6) is 0 Å². The second-order valence-electron chi connectivity index (χ2n) is 6.12. The van der Waals surface area contributed by atoms with Crippen LogP contribution in [0.15, 0.2) is 24.3 Å². The predicted octanol–water partition coefficient (Wildman–Crippen LogP) is 3.92. The summed E-state index contributed by atoms with van der Waals surface area (Å²) >= 11 is 0. The molecule has 0 aromatic heterocycles. The van der Waals surface area contributed by atoms with E-state index in [0.29, 0.717) is 6.61 Å². The first-order valence-corrected chi connectivity index (χ1v) is 9.96. The second-order valence-corrected chi connectivity index (χ2v) is 8.94. The van der Waals surface area contributed by atoms with Gasteiger partial charge < -0.3 is 4.74 Å². The lowest BCUT2D eigenvalue weighted by Gasteiger charge is -2.28. The summed E-state index contributed by atoms with van der Waals surface area (Å²) < 4.78 is 28.7. The number of hydrogen-bond donors (Lipinski definition) is 0. The van der Waals surface area contributed by atoms with Gasteiger partial charge in [0, 0.05) is 10.7 Å². The maximum absolute atomic E-state index is 11.3. The van der Waals surface area contributed by atoms with E-state index in [1.54, 1.807) is 0 Å². The molecule has 1 aliphatic rings. The Kier molecular flexibility index (Phi) is 5.69. The molecule has 0 fully saturated rings. The van der Waals surface area contributed by atoms with Gasteiger partial charge in [-0.25, -0.2) is 8.42 Å². The first kappa shape index (κ1) is 16.8. The smallest absolute Gasteiger partial charge is 0.232 e. The standard InChI is InChI=1S/C16H23ClO3S/c1-12(2)14(11-21(17,18)19)10-20-16-9-5-7-13-6-3-4-8-15(13)16/h3-4,6,8,12,14,16H,5,7,9-11H2,1-2H3. The first-order valence-electron chi connectivity index (χ1n) is 7.48. The van der Waals surface area contributed by atoms with Crippen molar-refractivity contribution in [1.29, 1.82) is 0 Å². The van der Waals surface area contributed by atoms with Gasteiger partial charge in [0.1, 0.15) is 0 Å². The van der Waals surface area contributed by atoms with Crippen molar-refractivity contribution in [3.63, 3.8) is 0 Å². The van der Waals surface area contributed by atoms with Crippen LogP contribution in [-0.4, -0.2) is 20.8 Å². The summed E-state index contributed by atoms with van der Waals surface area (Å²) in [4.78, 5) is 0. The van der Waals surface area contributed by atoms with E-state index in [4.69, 9.17) is 15.4 Å². The average molecular weight is 331 g/mol. The molecule has 2 unspecified atom stereocenters. The van der Waals surface area contributed by atoms with E-state index in [9.17, 15) is 8.42 Å². The van der Waals surface area contributed by atoms with Crippen molar-refractivity contribution >= 4 is 19.7 Å². The van der Waals surface area contributed by atoms with E-state index in [1.807, 2.05) is 19.9 Å². The molecule has 0 aliphatic heterocycles. The van der Waals surface area contributed by atoms with Gasteiger partial charge in [-0.15, -0.1) is 0 Å². The zero-order valence-electron chi connectivity index (χ0n) is 12.6. The quantitative estimate of drug-likeness (QED) is 0.742. The van der Waals surface area contributed by atoms with Crippen LogP contribution in [0.2, 0.25) is 0 Å². The van der Waals surface area contributed by atoms with Crippen molar-refractivity contribution in [2.75, 3.05) is 12.4 Å². The van der Waals surface area contributed by atoms with Crippen molar-refractivity contribution in [1.82, 2.24) is 0 Å². The van der Waals surface area contributed by atoms with Gasteiger partial charge in [0.05, 0.1) is 18.5 Å². The Morgan fingerprint density at radius 2 is 2.05 bits per heavy atom. The molecule has 1 aromatic rings. The van der Waals surface area contributed by atoms with E-state index in [-0.39, 0.29) is 23.7 Å². The zero-order chi connectivity index (χ0) is 15.5. The van der Waals surface area contributed by atoms with Gasteiger partial charge >= 0.3 is 0 Å². The van der Waals surface area contributed by atoms with Gasteiger partial charge in [-0.05, 0) is 42.2 Å². The Morgan fingerprint density at radius 1 is 1.33 bits per heavy atom. The highest BCUT2D eigenvalue weighted by molar-refractivity contribution is 8.13. The summed E-state index contributed by atoms with van der Waals surface area (Å²) in [6.07, 6.45) is 3.28. The van der Waals surface area contributed by atoms with E-state index in [1.165, 1.54) is 11.1 Å². The Morgan fingerprint density at radius 3 is 2.71 bits per heavy atom.